The molecule has 2 N–H and O–H groups in total. The fraction of sp³-hybridized carbons (Fsp3) is 0.136. The van der Waals surface area contributed by atoms with Gasteiger partial charge in [-0.2, -0.15) is 5.10 Å². The number of amides is 1. The van der Waals surface area contributed by atoms with Crippen LogP contribution in [-0.4, -0.2) is 31.5 Å². The third kappa shape index (κ3) is 4.23. The van der Waals surface area contributed by atoms with Crippen molar-refractivity contribution in [2.75, 3.05) is 11.6 Å². The molecule has 2 heterocycles. The van der Waals surface area contributed by atoms with Gasteiger partial charge in [0.25, 0.3) is 5.56 Å². The highest BCUT2D eigenvalue weighted by atomic mass is 32.2. The summed E-state index contributed by atoms with van der Waals surface area (Å²) in [6, 6.07) is 13.0. The molecule has 0 bridgehead atoms. The Labute approximate surface area is 181 Å². The number of nitrogens with one attached hydrogen (secondary N) is 1. The van der Waals surface area contributed by atoms with Crippen LogP contribution in [-0.2, 0) is 17.9 Å². The minimum Gasteiger partial charge on any atom is -0.392 e. The number of halogens is 1. The van der Waals surface area contributed by atoms with E-state index in [0.717, 1.165) is 4.90 Å². The maximum atomic E-state index is 13.3. The molecule has 0 spiro atoms. The molecular weight excluding hydrogens is 419 g/mol. The van der Waals surface area contributed by atoms with E-state index in [4.69, 9.17) is 0 Å². The van der Waals surface area contributed by atoms with Crippen molar-refractivity contribution in [1.82, 2.24) is 14.2 Å². The van der Waals surface area contributed by atoms with E-state index in [1.807, 2.05) is 24.5 Å². The number of thioether (sulfide) groups is 1. The number of anilines is 1. The highest BCUT2D eigenvalue weighted by Gasteiger charge is 2.18. The van der Waals surface area contributed by atoms with Crippen LogP contribution in [0, 0.1) is 5.82 Å². The minimum absolute atomic E-state index is 0.168. The van der Waals surface area contributed by atoms with Crippen molar-refractivity contribution in [2.45, 2.75) is 18.0 Å². The SMILES string of the molecule is CSc1cccc(NC(=O)Cn2ccn3nc(-c4ccc(F)cc4)c(CO)c3c2=O)c1. The highest BCUT2D eigenvalue weighted by Crippen LogP contribution is 2.25. The summed E-state index contributed by atoms with van der Waals surface area (Å²) in [6.45, 7) is -0.621. The predicted molar refractivity (Wildman–Crippen MR) is 118 cm³/mol. The molecule has 4 rings (SSSR count). The number of rotatable bonds is 6. The van der Waals surface area contributed by atoms with Crippen LogP contribution < -0.4 is 10.9 Å². The molecule has 0 radical (unpaired) electrons. The van der Waals surface area contributed by atoms with Crippen molar-refractivity contribution in [1.29, 1.82) is 0 Å². The Kier molecular flexibility index (Phi) is 5.88. The number of nitrogens with zero attached hydrogens (tertiary/aromatic N) is 3. The van der Waals surface area contributed by atoms with Gasteiger partial charge in [-0.1, -0.05) is 6.07 Å². The zero-order chi connectivity index (χ0) is 22.0. The number of fused-ring (bicyclic) bond motifs is 1. The van der Waals surface area contributed by atoms with Crippen LogP contribution in [0.15, 0.2) is 70.6 Å². The number of hydrogen-bond acceptors (Lipinski definition) is 5. The Bertz CT molecular complexity index is 1310. The topological polar surface area (TPSA) is 88.6 Å². The third-order valence-corrected chi connectivity index (χ3v) is 5.53. The van der Waals surface area contributed by atoms with Crippen molar-refractivity contribution >= 4 is 28.9 Å². The molecule has 0 unspecified atom stereocenters. The maximum absolute atomic E-state index is 13.3. The zero-order valence-electron chi connectivity index (χ0n) is 16.6. The number of aromatic nitrogens is 3. The molecule has 0 aliphatic rings. The van der Waals surface area contributed by atoms with Gasteiger partial charge in [0, 0.05) is 34.1 Å². The molecule has 31 heavy (non-hydrogen) atoms. The summed E-state index contributed by atoms with van der Waals surface area (Å²) in [5, 5.41) is 17.1. The molecule has 1 amide bonds. The first-order chi connectivity index (χ1) is 15.0. The second-order valence-electron chi connectivity index (χ2n) is 6.80. The first-order valence-electron chi connectivity index (χ1n) is 9.41. The smallest absolute Gasteiger partial charge is 0.277 e. The predicted octanol–water partition coefficient (Wildman–Crippen LogP) is 3.16. The maximum Gasteiger partial charge on any atom is 0.277 e. The van der Waals surface area contributed by atoms with Gasteiger partial charge in [0.05, 0.1) is 12.3 Å². The van der Waals surface area contributed by atoms with E-state index >= 15 is 0 Å². The first-order valence-corrected chi connectivity index (χ1v) is 10.6. The molecule has 0 saturated carbocycles. The minimum atomic E-state index is -0.458. The van der Waals surface area contributed by atoms with E-state index in [1.165, 1.54) is 39.5 Å². The van der Waals surface area contributed by atoms with Gasteiger partial charge in [0.1, 0.15) is 17.9 Å². The molecule has 2 aromatic heterocycles. The van der Waals surface area contributed by atoms with Gasteiger partial charge in [0.15, 0.2) is 0 Å². The average Bonchev–Trinajstić information content (AvgIpc) is 3.15. The quantitative estimate of drug-likeness (QED) is 0.452. The standard InChI is InChI=1S/C22H19FN4O3S/c1-31-17-4-2-3-16(11-17)24-19(29)12-26-9-10-27-21(22(26)30)18(13-28)20(25-27)14-5-7-15(23)8-6-14/h2-11,28H,12-13H2,1H3,(H,24,29). The Morgan fingerprint density at radius 2 is 1.97 bits per heavy atom. The van der Waals surface area contributed by atoms with Crippen molar-refractivity contribution in [2.24, 2.45) is 0 Å². The lowest BCUT2D eigenvalue weighted by molar-refractivity contribution is -0.116. The van der Waals surface area contributed by atoms with E-state index in [2.05, 4.69) is 10.4 Å². The van der Waals surface area contributed by atoms with E-state index < -0.39 is 18.0 Å². The molecule has 0 aliphatic carbocycles. The van der Waals surface area contributed by atoms with Gasteiger partial charge >= 0.3 is 0 Å². The van der Waals surface area contributed by atoms with Gasteiger partial charge < -0.3 is 15.0 Å². The molecular formula is C22H19FN4O3S. The average molecular weight is 438 g/mol. The summed E-state index contributed by atoms with van der Waals surface area (Å²) >= 11 is 1.56. The fourth-order valence-corrected chi connectivity index (χ4v) is 3.78. The number of aliphatic hydroxyl groups excluding tert-OH is 1. The molecule has 0 fully saturated rings. The summed E-state index contributed by atoms with van der Waals surface area (Å²) in [7, 11) is 0. The summed E-state index contributed by atoms with van der Waals surface area (Å²) in [5.41, 5.74) is 1.63. The Balaban J connectivity index is 1.66. The lowest BCUT2D eigenvalue weighted by atomic mass is 10.1. The van der Waals surface area contributed by atoms with Crippen LogP contribution in [0.4, 0.5) is 10.1 Å². The van der Waals surface area contributed by atoms with Gasteiger partial charge in [-0.3, -0.25) is 9.59 Å². The molecule has 4 aromatic rings. The van der Waals surface area contributed by atoms with Crippen molar-refractivity contribution in [3.05, 3.63) is 82.7 Å². The lowest BCUT2D eigenvalue weighted by Gasteiger charge is -2.09. The number of carbonyl (C=O) groups excluding carboxylic acids is 1. The van der Waals surface area contributed by atoms with E-state index in [1.54, 1.807) is 24.0 Å². The summed E-state index contributed by atoms with van der Waals surface area (Å²) in [6.07, 6.45) is 4.96. The monoisotopic (exact) mass is 438 g/mol. The van der Waals surface area contributed by atoms with Crippen LogP contribution in [0.3, 0.4) is 0 Å². The fourth-order valence-electron chi connectivity index (χ4n) is 3.32. The van der Waals surface area contributed by atoms with Gasteiger partial charge in [-0.25, -0.2) is 8.91 Å². The van der Waals surface area contributed by atoms with E-state index in [0.29, 0.717) is 22.5 Å². The van der Waals surface area contributed by atoms with Crippen LogP contribution >= 0.6 is 11.8 Å². The van der Waals surface area contributed by atoms with Crippen LogP contribution in [0.5, 0.6) is 0 Å². The Hall–Kier alpha value is -3.43. The van der Waals surface area contributed by atoms with E-state index in [9.17, 15) is 19.1 Å². The molecule has 2 aromatic carbocycles. The van der Waals surface area contributed by atoms with Crippen molar-refractivity contribution in [3.63, 3.8) is 0 Å². The lowest BCUT2D eigenvalue weighted by Crippen LogP contribution is -2.28. The summed E-state index contributed by atoms with van der Waals surface area (Å²) < 4.78 is 15.9. The Morgan fingerprint density at radius 3 is 2.68 bits per heavy atom. The van der Waals surface area contributed by atoms with Crippen molar-refractivity contribution < 1.29 is 14.3 Å². The first kappa shape index (κ1) is 20.8. The number of aliphatic hydroxyl groups is 1. The second kappa shape index (κ2) is 8.75. The Morgan fingerprint density at radius 1 is 1.19 bits per heavy atom. The number of hydrogen-bond donors (Lipinski definition) is 2. The van der Waals surface area contributed by atoms with Crippen molar-refractivity contribution in [3.8, 4) is 11.3 Å². The van der Waals surface area contributed by atoms with E-state index in [-0.39, 0.29) is 18.0 Å². The number of benzene rings is 2. The highest BCUT2D eigenvalue weighted by molar-refractivity contribution is 7.98. The molecule has 7 nitrogen and oxygen atoms in total. The summed E-state index contributed by atoms with van der Waals surface area (Å²) in [4.78, 5) is 26.6. The molecule has 0 saturated heterocycles. The molecule has 9 heteroatoms. The second-order valence-corrected chi connectivity index (χ2v) is 7.68. The van der Waals surface area contributed by atoms with Gasteiger partial charge in [0.2, 0.25) is 5.91 Å². The zero-order valence-corrected chi connectivity index (χ0v) is 17.4. The molecule has 0 atom stereocenters. The van der Waals surface area contributed by atoms with Gasteiger partial charge in [-0.15, -0.1) is 11.8 Å². The number of carbonyl (C=O) groups is 1. The molecule has 0 aliphatic heterocycles. The van der Waals surface area contributed by atoms with Crippen LogP contribution in [0.1, 0.15) is 5.56 Å². The van der Waals surface area contributed by atoms with Crippen LogP contribution in [0.2, 0.25) is 0 Å². The largest absolute Gasteiger partial charge is 0.392 e. The van der Waals surface area contributed by atoms with Gasteiger partial charge in [-0.05, 0) is 48.7 Å². The normalized spacial score (nSPS) is 11.1. The summed E-state index contributed by atoms with van der Waals surface area (Å²) in [5.74, 6) is -0.747. The van der Waals surface area contributed by atoms with Crippen LogP contribution in [0.25, 0.3) is 16.8 Å². The molecule has 158 valence electrons. The third-order valence-electron chi connectivity index (χ3n) is 4.80.